The minimum absolute atomic E-state index is 0.0285. The largest absolute Gasteiger partial charge is 0.489 e. The second-order valence-electron chi connectivity index (χ2n) is 5.61. The third-order valence-corrected chi connectivity index (χ3v) is 3.54. The number of carboxylic acids is 1. The number of azo groups is 1. The summed E-state index contributed by atoms with van der Waals surface area (Å²) in [6.07, 6.45) is 0. The number of aliphatic hydroxyl groups excluding tert-OH is 1. The predicted octanol–water partition coefficient (Wildman–Crippen LogP) is 2.44. The number of ether oxygens (including phenoxy) is 1. The summed E-state index contributed by atoms with van der Waals surface area (Å²) in [4.78, 5) is 35.6. The Morgan fingerprint density at radius 3 is 2.46 bits per heavy atom. The molecular formula is C19H19N3O6. The van der Waals surface area contributed by atoms with Crippen LogP contribution < -0.4 is 10.1 Å². The van der Waals surface area contributed by atoms with Gasteiger partial charge in [0.25, 0.3) is 5.91 Å². The summed E-state index contributed by atoms with van der Waals surface area (Å²) in [5, 5.41) is 28.1. The standard InChI is InChI=1S/C19H19N3O6/c1-12(24)17(22-21-14-7-3-2-6-13(14)19(26)27)18(25)20-15-8-4-5-9-16(15)28-11-10-23/h2-9,17,23H,10-11H2,1H3,(H,20,25)(H,26,27). The maximum Gasteiger partial charge on any atom is 0.337 e. The molecule has 0 aromatic heterocycles. The van der Waals surface area contributed by atoms with Crippen LogP contribution in [0.4, 0.5) is 11.4 Å². The zero-order chi connectivity index (χ0) is 20.5. The molecule has 0 saturated carbocycles. The van der Waals surface area contributed by atoms with Gasteiger partial charge in [0.2, 0.25) is 6.04 Å². The number of para-hydroxylation sites is 2. The van der Waals surface area contributed by atoms with Gasteiger partial charge < -0.3 is 20.3 Å². The van der Waals surface area contributed by atoms with E-state index < -0.39 is 23.7 Å². The van der Waals surface area contributed by atoms with E-state index in [1.807, 2.05) is 0 Å². The van der Waals surface area contributed by atoms with Gasteiger partial charge in [0.1, 0.15) is 12.4 Å². The first-order chi connectivity index (χ1) is 13.4. The minimum Gasteiger partial charge on any atom is -0.489 e. The number of aliphatic hydroxyl groups is 1. The van der Waals surface area contributed by atoms with Gasteiger partial charge in [-0.2, -0.15) is 10.2 Å². The van der Waals surface area contributed by atoms with E-state index in [1.165, 1.54) is 25.1 Å². The normalized spacial score (nSPS) is 11.8. The Labute approximate surface area is 160 Å². The van der Waals surface area contributed by atoms with Crippen LogP contribution in [0.2, 0.25) is 0 Å². The molecule has 0 aliphatic heterocycles. The van der Waals surface area contributed by atoms with Crippen molar-refractivity contribution < 1.29 is 29.3 Å². The van der Waals surface area contributed by atoms with Gasteiger partial charge in [0, 0.05) is 0 Å². The van der Waals surface area contributed by atoms with Crippen molar-refractivity contribution in [2.24, 2.45) is 10.2 Å². The number of hydrogen-bond acceptors (Lipinski definition) is 7. The SMILES string of the molecule is CC(=O)C(N=Nc1ccccc1C(=O)O)C(=O)Nc1ccccc1OCCO. The van der Waals surface area contributed by atoms with Crippen molar-refractivity contribution >= 4 is 29.0 Å². The number of carbonyl (C=O) groups is 3. The topological polar surface area (TPSA) is 138 Å². The highest BCUT2D eigenvalue weighted by molar-refractivity contribution is 6.10. The molecule has 0 saturated heterocycles. The lowest BCUT2D eigenvalue weighted by molar-refractivity contribution is -0.126. The number of nitrogens with zero attached hydrogens (tertiary/aromatic N) is 2. The van der Waals surface area contributed by atoms with Crippen molar-refractivity contribution in [2.45, 2.75) is 13.0 Å². The van der Waals surface area contributed by atoms with Crippen LogP contribution in [-0.2, 0) is 9.59 Å². The van der Waals surface area contributed by atoms with E-state index in [0.717, 1.165) is 0 Å². The third kappa shape index (κ3) is 5.45. The smallest absolute Gasteiger partial charge is 0.337 e. The van der Waals surface area contributed by atoms with E-state index in [-0.39, 0.29) is 24.5 Å². The maximum atomic E-state index is 12.5. The zero-order valence-electron chi connectivity index (χ0n) is 15.0. The highest BCUT2D eigenvalue weighted by atomic mass is 16.5. The molecule has 2 aromatic rings. The average Bonchev–Trinajstić information content (AvgIpc) is 2.67. The number of hydrogen-bond donors (Lipinski definition) is 3. The van der Waals surface area contributed by atoms with Crippen molar-refractivity contribution in [1.29, 1.82) is 0 Å². The lowest BCUT2D eigenvalue weighted by Gasteiger charge is -2.13. The number of ketones is 1. The monoisotopic (exact) mass is 385 g/mol. The Kier molecular flexibility index (Phi) is 7.35. The first-order valence-corrected chi connectivity index (χ1v) is 8.31. The summed E-state index contributed by atoms with van der Waals surface area (Å²) in [6, 6.07) is 10.9. The number of amides is 1. The number of aromatic carboxylic acids is 1. The Morgan fingerprint density at radius 2 is 1.79 bits per heavy atom. The molecule has 0 heterocycles. The van der Waals surface area contributed by atoms with E-state index in [9.17, 15) is 14.4 Å². The fourth-order valence-electron chi connectivity index (χ4n) is 2.23. The highest BCUT2D eigenvalue weighted by Gasteiger charge is 2.24. The van der Waals surface area contributed by atoms with Gasteiger partial charge in [-0.25, -0.2) is 4.79 Å². The van der Waals surface area contributed by atoms with Crippen LogP contribution >= 0.6 is 0 Å². The van der Waals surface area contributed by atoms with E-state index >= 15 is 0 Å². The molecule has 3 N–H and O–H groups in total. The van der Waals surface area contributed by atoms with Crippen LogP contribution in [0.5, 0.6) is 5.75 Å². The number of rotatable bonds is 9. The first kappa shape index (κ1) is 20.7. The van der Waals surface area contributed by atoms with Gasteiger partial charge in [-0.1, -0.05) is 24.3 Å². The molecule has 28 heavy (non-hydrogen) atoms. The van der Waals surface area contributed by atoms with Crippen LogP contribution in [0.3, 0.4) is 0 Å². The van der Waals surface area contributed by atoms with Gasteiger partial charge in [0.05, 0.1) is 23.5 Å². The summed E-state index contributed by atoms with van der Waals surface area (Å²) in [6.45, 7) is 1.02. The Balaban J connectivity index is 2.22. The number of benzene rings is 2. The molecule has 9 nitrogen and oxygen atoms in total. The summed E-state index contributed by atoms with van der Waals surface area (Å²) >= 11 is 0. The van der Waals surface area contributed by atoms with E-state index in [2.05, 4.69) is 15.5 Å². The van der Waals surface area contributed by atoms with Crippen LogP contribution in [0.1, 0.15) is 17.3 Å². The van der Waals surface area contributed by atoms with Gasteiger partial charge in [-0.3, -0.25) is 9.59 Å². The van der Waals surface area contributed by atoms with Crippen molar-refractivity contribution in [3.8, 4) is 5.75 Å². The molecule has 0 radical (unpaired) electrons. The highest BCUT2D eigenvalue weighted by Crippen LogP contribution is 2.24. The Hall–Kier alpha value is -3.59. The van der Waals surface area contributed by atoms with Crippen molar-refractivity contribution in [3.05, 3.63) is 54.1 Å². The molecule has 2 aromatic carbocycles. The third-order valence-electron chi connectivity index (χ3n) is 3.54. The molecule has 9 heteroatoms. The van der Waals surface area contributed by atoms with Crippen molar-refractivity contribution in [3.63, 3.8) is 0 Å². The van der Waals surface area contributed by atoms with Gasteiger partial charge in [-0.15, -0.1) is 0 Å². The molecule has 1 atom stereocenters. The molecule has 0 fully saturated rings. The molecule has 146 valence electrons. The first-order valence-electron chi connectivity index (χ1n) is 8.31. The molecule has 2 rings (SSSR count). The van der Waals surface area contributed by atoms with Gasteiger partial charge in [0.15, 0.2) is 5.78 Å². The van der Waals surface area contributed by atoms with Crippen LogP contribution in [0.15, 0.2) is 58.8 Å². The van der Waals surface area contributed by atoms with Crippen LogP contribution in [-0.4, -0.2) is 47.1 Å². The summed E-state index contributed by atoms with van der Waals surface area (Å²) in [7, 11) is 0. The summed E-state index contributed by atoms with van der Waals surface area (Å²) < 4.78 is 5.33. The Bertz CT molecular complexity index is 897. The Morgan fingerprint density at radius 1 is 1.11 bits per heavy atom. The van der Waals surface area contributed by atoms with Crippen LogP contribution in [0, 0.1) is 0 Å². The van der Waals surface area contributed by atoms with E-state index in [4.69, 9.17) is 14.9 Å². The lowest BCUT2D eigenvalue weighted by Crippen LogP contribution is -2.32. The average molecular weight is 385 g/mol. The molecule has 0 aliphatic carbocycles. The van der Waals surface area contributed by atoms with Gasteiger partial charge in [-0.05, 0) is 31.2 Å². The predicted molar refractivity (Wildman–Crippen MR) is 100 cm³/mol. The molecule has 1 unspecified atom stereocenters. The van der Waals surface area contributed by atoms with Crippen LogP contribution in [0.25, 0.3) is 0 Å². The van der Waals surface area contributed by atoms with Crippen molar-refractivity contribution in [1.82, 2.24) is 0 Å². The fourth-order valence-corrected chi connectivity index (χ4v) is 2.23. The molecule has 0 aliphatic rings. The number of Topliss-reactive ketones (excluding diaryl/α,β-unsaturated/α-hetero) is 1. The second kappa shape index (κ2) is 9.93. The fraction of sp³-hybridized carbons (Fsp3) is 0.211. The quantitative estimate of drug-likeness (QED) is 0.448. The number of nitrogens with one attached hydrogen (secondary N) is 1. The van der Waals surface area contributed by atoms with E-state index in [1.54, 1.807) is 30.3 Å². The molecular weight excluding hydrogens is 366 g/mol. The zero-order valence-corrected chi connectivity index (χ0v) is 15.0. The number of carbonyl (C=O) groups excluding carboxylic acids is 2. The minimum atomic E-state index is -1.47. The summed E-state index contributed by atoms with van der Waals surface area (Å²) in [5.74, 6) is -2.19. The molecule has 0 spiro atoms. The maximum absolute atomic E-state index is 12.5. The van der Waals surface area contributed by atoms with Crippen molar-refractivity contribution in [2.75, 3.05) is 18.5 Å². The molecule has 0 bridgehead atoms. The number of carboxylic acid groups (broad SMARTS) is 1. The number of anilines is 1. The lowest BCUT2D eigenvalue weighted by atomic mass is 10.2. The van der Waals surface area contributed by atoms with Gasteiger partial charge >= 0.3 is 5.97 Å². The summed E-state index contributed by atoms with van der Waals surface area (Å²) in [5.41, 5.74) is 0.228. The van der Waals surface area contributed by atoms with E-state index in [0.29, 0.717) is 11.4 Å². The molecule has 1 amide bonds. The second-order valence-corrected chi connectivity index (χ2v) is 5.61.